The summed E-state index contributed by atoms with van der Waals surface area (Å²) >= 11 is 1.86. The SMILES string of the molecule is c1ccc(N(c2ccc3c(c2)sc2ccccc23)c2ccccc2-c2ccc3c(c2)-c2ccccc2C32c3ccc4ccccc4c3Oc3c2ccc2ccccc32)cc1. The molecule has 1 spiro atoms. The summed E-state index contributed by atoms with van der Waals surface area (Å²) in [5.74, 6) is 1.87. The topological polar surface area (TPSA) is 12.5 Å². The third kappa shape index (κ3) is 4.64. The van der Waals surface area contributed by atoms with E-state index in [1.807, 2.05) is 11.3 Å². The maximum absolute atomic E-state index is 7.18. The number of anilines is 3. The van der Waals surface area contributed by atoms with Crippen molar-refractivity contribution in [2.75, 3.05) is 4.90 Å². The monoisotopic (exact) mass is 781 g/mol. The van der Waals surface area contributed by atoms with Gasteiger partial charge in [-0.05, 0) is 81.1 Å². The predicted octanol–water partition coefficient (Wildman–Crippen LogP) is 16.0. The number of rotatable bonds is 4. The summed E-state index contributed by atoms with van der Waals surface area (Å²) in [6.45, 7) is 0. The minimum Gasteiger partial charge on any atom is -0.455 e. The molecule has 3 heteroatoms. The molecule has 1 aliphatic carbocycles. The molecule has 0 fully saturated rings. The fraction of sp³-hybridized carbons (Fsp3) is 0.0175. The van der Waals surface area contributed by atoms with Crippen LogP contribution in [0.25, 0.3) is 64.0 Å². The highest BCUT2D eigenvalue weighted by molar-refractivity contribution is 7.25. The summed E-state index contributed by atoms with van der Waals surface area (Å²) in [7, 11) is 0. The normalized spacial score (nSPS) is 13.3. The van der Waals surface area contributed by atoms with Gasteiger partial charge in [0.15, 0.2) is 0 Å². The maximum Gasteiger partial charge on any atom is 0.140 e. The molecule has 2 aliphatic rings. The van der Waals surface area contributed by atoms with Crippen LogP contribution in [0.5, 0.6) is 11.5 Å². The molecule has 60 heavy (non-hydrogen) atoms. The van der Waals surface area contributed by atoms with Crippen LogP contribution in [-0.4, -0.2) is 0 Å². The van der Waals surface area contributed by atoms with Gasteiger partial charge in [-0.1, -0.05) is 170 Å². The summed E-state index contributed by atoms with van der Waals surface area (Å²) in [6, 6.07) is 77.9. The first-order valence-electron chi connectivity index (χ1n) is 20.6. The van der Waals surface area contributed by atoms with Crippen LogP contribution in [0, 0.1) is 0 Å². The largest absolute Gasteiger partial charge is 0.455 e. The van der Waals surface area contributed by atoms with Crippen molar-refractivity contribution in [3.05, 3.63) is 235 Å². The highest BCUT2D eigenvalue weighted by Gasteiger charge is 2.51. The van der Waals surface area contributed by atoms with Crippen molar-refractivity contribution < 1.29 is 4.74 Å². The third-order valence-corrected chi connectivity index (χ3v) is 14.0. The zero-order valence-electron chi connectivity index (χ0n) is 32.5. The molecule has 2 nitrogen and oxygen atoms in total. The highest BCUT2D eigenvalue weighted by atomic mass is 32.1. The molecule has 0 atom stereocenters. The molecule has 0 radical (unpaired) electrons. The van der Waals surface area contributed by atoms with Crippen LogP contribution >= 0.6 is 11.3 Å². The number of fused-ring (bicyclic) bond motifs is 16. The van der Waals surface area contributed by atoms with Crippen LogP contribution in [0.2, 0.25) is 0 Å². The van der Waals surface area contributed by atoms with E-state index in [0.717, 1.165) is 39.3 Å². The standard InChI is InChI=1S/C57H35NOS/c1-2-16-39(17-3-1)58(40-29-30-46-45-22-10-13-25-53(45)60-54(46)35-40)52-24-12-9-18-41(52)38-28-31-49-47(34-38)44-21-8-11-23-48(44)57(49)50-32-26-36-14-4-6-19-42(36)55(50)59-56-43-20-7-5-15-37(43)27-33-51(56)57/h1-35H. The Labute approximate surface area is 351 Å². The summed E-state index contributed by atoms with van der Waals surface area (Å²) in [4.78, 5) is 2.42. The minimum atomic E-state index is -0.587. The number of benzene rings is 10. The van der Waals surface area contributed by atoms with Gasteiger partial charge in [0.1, 0.15) is 11.5 Å². The van der Waals surface area contributed by atoms with E-state index in [2.05, 4.69) is 217 Å². The number of hydrogen-bond acceptors (Lipinski definition) is 3. The van der Waals surface area contributed by atoms with Gasteiger partial charge in [-0.2, -0.15) is 0 Å². The van der Waals surface area contributed by atoms with Crippen LogP contribution in [0.1, 0.15) is 22.3 Å². The summed E-state index contributed by atoms with van der Waals surface area (Å²) < 4.78 is 9.77. The lowest BCUT2D eigenvalue weighted by Crippen LogP contribution is -2.32. The molecule has 0 saturated heterocycles. The van der Waals surface area contributed by atoms with Crippen LogP contribution in [0.4, 0.5) is 17.1 Å². The van der Waals surface area contributed by atoms with Gasteiger partial charge in [-0.25, -0.2) is 0 Å². The van der Waals surface area contributed by atoms with Crippen LogP contribution in [-0.2, 0) is 5.41 Å². The molecular formula is C57H35NOS. The zero-order chi connectivity index (χ0) is 39.4. The van der Waals surface area contributed by atoms with E-state index in [4.69, 9.17) is 4.74 Å². The number of ether oxygens (including phenoxy) is 1. The Morgan fingerprint density at radius 3 is 1.72 bits per heavy atom. The quantitative estimate of drug-likeness (QED) is 0.176. The number of hydrogen-bond donors (Lipinski definition) is 0. The highest BCUT2D eigenvalue weighted by Crippen LogP contribution is 2.64. The Morgan fingerprint density at radius 2 is 0.950 bits per heavy atom. The van der Waals surface area contributed by atoms with Crippen molar-refractivity contribution in [3.63, 3.8) is 0 Å². The van der Waals surface area contributed by atoms with Gasteiger partial charge in [0.25, 0.3) is 0 Å². The fourth-order valence-corrected chi connectivity index (χ4v) is 11.5. The van der Waals surface area contributed by atoms with E-state index < -0.39 is 5.41 Å². The lowest BCUT2D eigenvalue weighted by Gasteiger charge is -2.40. The zero-order valence-corrected chi connectivity index (χ0v) is 33.3. The van der Waals surface area contributed by atoms with Crippen LogP contribution in [0.3, 0.4) is 0 Å². The molecule has 0 amide bonds. The van der Waals surface area contributed by atoms with E-state index >= 15 is 0 Å². The summed E-state index contributed by atoms with van der Waals surface area (Å²) in [6.07, 6.45) is 0. The first kappa shape index (κ1) is 33.5. The summed E-state index contributed by atoms with van der Waals surface area (Å²) in [5, 5.41) is 7.19. The van der Waals surface area contributed by atoms with Gasteiger partial charge >= 0.3 is 0 Å². The van der Waals surface area contributed by atoms with Gasteiger partial charge in [-0.15, -0.1) is 11.3 Å². The molecule has 1 aliphatic heterocycles. The Kier molecular flexibility index (Phi) is 7.13. The van der Waals surface area contributed by atoms with E-state index in [-0.39, 0.29) is 0 Å². The van der Waals surface area contributed by atoms with Crippen molar-refractivity contribution in [1.82, 2.24) is 0 Å². The smallest absolute Gasteiger partial charge is 0.140 e. The third-order valence-electron chi connectivity index (χ3n) is 12.9. The van der Waals surface area contributed by atoms with E-state index in [1.165, 1.54) is 75.5 Å². The molecule has 0 bridgehead atoms. The van der Waals surface area contributed by atoms with Crippen molar-refractivity contribution >= 4 is 70.1 Å². The van der Waals surface area contributed by atoms with Crippen molar-refractivity contribution in [2.24, 2.45) is 0 Å². The van der Waals surface area contributed by atoms with Crippen LogP contribution < -0.4 is 9.64 Å². The summed E-state index contributed by atoms with van der Waals surface area (Å²) in [5.41, 5.74) is 12.5. The average molecular weight is 782 g/mol. The second kappa shape index (κ2) is 12.8. The van der Waals surface area contributed by atoms with Crippen molar-refractivity contribution in [1.29, 1.82) is 0 Å². The van der Waals surface area contributed by atoms with Gasteiger partial charge in [0.05, 0.1) is 11.1 Å². The number of nitrogens with zero attached hydrogens (tertiary/aromatic N) is 1. The lowest BCUT2D eigenvalue weighted by molar-refractivity contribution is 0.447. The predicted molar refractivity (Wildman–Crippen MR) is 252 cm³/mol. The number of thiophene rings is 1. The maximum atomic E-state index is 7.18. The molecule has 1 aromatic heterocycles. The molecule has 0 N–H and O–H groups in total. The Balaban J connectivity index is 1.05. The molecule has 0 saturated carbocycles. The van der Waals surface area contributed by atoms with Crippen LogP contribution in [0.15, 0.2) is 212 Å². The van der Waals surface area contributed by atoms with Crippen molar-refractivity contribution in [3.8, 4) is 33.8 Å². The molecule has 0 unspecified atom stereocenters. The second-order valence-corrected chi connectivity index (χ2v) is 17.0. The molecule has 13 rings (SSSR count). The van der Waals surface area contributed by atoms with Gasteiger partial charge < -0.3 is 9.64 Å². The Hall–Kier alpha value is -7.46. The fourth-order valence-electron chi connectivity index (χ4n) is 10.3. The Morgan fingerprint density at radius 1 is 0.367 bits per heavy atom. The molecular weight excluding hydrogens is 747 g/mol. The van der Waals surface area contributed by atoms with E-state index in [0.29, 0.717) is 0 Å². The minimum absolute atomic E-state index is 0.587. The first-order valence-corrected chi connectivity index (χ1v) is 21.4. The lowest BCUT2D eigenvalue weighted by atomic mass is 9.65. The molecule has 11 aromatic rings. The van der Waals surface area contributed by atoms with Gasteiger partial charge in [-0.3, -0.25) is 0 Å². The van der Waals surface area contributed by atoms with Gasteiger partial charge in [0.2, 0.25) is 0 Å². The molecule has 10 aromatic carbocycles. The average Bonchev–Trinajstić information content (AvgIpc) is 3.83. The molecule has 2 heterocycles. The second-order valence-electron chi connectivity index (χ2n) is 16.0. The number of para-hydroxylation sites is 2. The Bertz CT molecular complexity index is 3460. The van der Waals surface area contributed by atoms with E-state index in [1.54, 1.807) is 0 Å². The molecule has 280 valence electrons. The first-order chi connectivity index (χ1) is 29.8. The van der Waals surface area contributed by atoms with Gasteiger partial charge in [0, 0.05) is 59.0 Å². The van der Waals surface area contributed by atoms with E-state index in [9.17, 15) is 0 Å². The van der Waals surface area contributed by atoms with Crippen molar-refractivity contribution in [2.45, 2.75) is 5.41 Å².